The lowest BCUT2D eigenvalue weighted by atomic mass is 9.98. The predicted octanol–water partition coefficient (Wildman–Crippen LogP) is 9.40. The molecule has 4 aromatic heterocycles. The summed E-state index contributed by atoms with van der Waals surface area (Å²) in [4.78, 5) is 4.29. The maximum absolute atomic E-state index is 4.97. The first kappa shape index (κ1) is 24.5. The predicted molar refractivity (Wildman–Crippen MR) is 179 cm³/mol. The molecule has 0 atom stereocenters. The molecule has 9 aromatic rings. The van der Waals surface area contributed by atoms with E-state index < -0.39 is 0 Å². The largest absolute Gasteiger partial charge is 0.307 e. The van der Waals surface area contributed by atoms with E-state index in [0.29, 0.717) is 0 Å². The lowest BCUT2D eigenvalue weighted by Gasteiger charge is -2.13. The standard InChI is InChI=1S/C39H25N5/c1-3-11-26(12-4-1)28-23-29(27-13-5-2-6-14-27)25-31(24-28)44-34-17-9-7-15-32(34)36-38-37(41-42-39(36)44)33-16-8-10-18-35(33)43(38)30-19-21-40-22-20-30/h1-25H. The van der Waals surface area contributed by atoms with Crippen molar-refractivity contribution < 1.29 is 0 Å². The maximum Gasteiger partial charge on any atom is 0.170 e. The van der Waals surface area contributed by atoms with Crippen LogP contribution in [0.25, 0.3) is 77.5 Å². The van der Waals surface area contributed by atoms with Crippen molar-refractivity contribution in [1.82, 2.24) is 24.3 Å². The molecule has 0 saturated heterocycles. The summed E-state index contributed by atoms with van der Waals surface area (Å²) >= 11 is 0. The lowest BCUT2D eigenvalue weighted by Crippen LogP contribution is -1.99. The zero-order valence-electron chi connectivity index (χ0n) is 23.7. The van der Waals surface area contributed by atoms with Crippen LogP contribution in [-0.2, 0) is 0 Å². The van der Waals surface area contributed by atoms with Gasteiger partial charge >= 0.3 is 0 Å². The van der Waals surface area contributed by atoms with Crippen molar-refractivity contribution >= 4 is 43.9 Å². The number of fused-ring (bicyclic) bond motifs is 7. The molecule has 0 aliphatic carbocycles. The fourth-order valence-electron chi connectivity index (χ4n) is 6.56. The topological polar surface area (TPSA) is 48.5 Å². The van der Waals surface area contributed by atoms with Crippen LogP contribution >= 0.6 is 0 Å². The van der Waals surface area contributed by atoms with E-state index in [4.69, 9.17) is 10.2 Å². The number of nitrogens with zero attached hydrogens (tertiary/aromatic N) is 5. The van der Waals surface area contributed by atoms with E-state index in [0.717, 1.165) is 66.4 Å². The highest BCUT2D eigenvalue weighted by Gasteiger charge is 2.23. The molecule has 44 heavy (non-hydrogen) atoms. The average Bonchev–Trinajstić information content (AvgIpc) is 3.62. The summed E-state index contributed by atoms with van der Waals surface area (Å²) in [5.74, 6) is 0. The Morgan fingerprint density at radius 1 is 0.432 bits per heavy atom. The SMILES string of the molecule is c1ccc(-c2cc(-c3ccccc3)cc(-n3c4ccccc4c4c3nnc3c5ccccc5n(-c5ccncc5)c34)c2)cc1. The number of rotatable bonds is 4. The second-order valence-electron chi connectivity index (χ2n) is 11.0. The average molecular weight is 564 g/mol. The molecule has 5 aromatic carbocycles. The molecule has 5 heteroatoms. The highest BCUT2D eigenvalue weighted by molar-refractivity contribution is 6.23. The van der Waals surface area contributed by atoms with Gasteiger partial charge in [0.25, 0.3) is 0 Å². The lowest BCUT2D eigenvalue weighted by molar-refractivity contribution is 1.05. The molecule has 0 unspecified atom stereocenters. The molecule has 0 aliphatic heterocycles. The first-order valence-electron chi connectivity index (χ1n) is 14.7. The van der Waals surface area contributed by atoms with Crippen LogP contribution in [0, 0.1) is 0 Å². The Hall–Kier alpha value is -6.07. The zero-order chi connectivity index (χ0) is 29.0. The molecular formula is C39H25N5. The Morgan fingerprint density at radius 3 is 1.66 bits per heavy atom. The van der Waals surface area contributed by atoms with Crippen molar-refractivity contribution in [2.75, 3.05) is 0 Å². The molecule has 0 amide bonds. The van der Waals surface area contributed by atoms with Gasteiger partial charge in [-0.05, 0) is 64.7 Å². The Bertz CT molecular complexity index is 2420. The van der Waals surface area contributed by atoms with E-state index in [1.807, 2.05) is 24.5 Å². The summed E-state index contributed by atoms with van der Waals surface area (Å²) in [6.07, 6.45) is 3.68. The Labute approximate surface area is 253 Å². The van der Waals surface area contributed by atoms with Gasteiger partial charge in [0.05, 0.1) is 21.9 Å². The summed E-state index contributed by atoms with van der Waals surface area (Å²) < 4.78 is 4.57. The van der Waals surface area contributed by atoms with Crippen molar-refractivity contribution in [2.45, 2.75) is 0 Å². The molecule has 0 saturated carbocycles. The molecule has 206 valence electrons. The minimum Gasteiger partial charge on any atom is -0.307 e. The van der Waals surface area contributed by atoms with Crippen LogP contribution in [-0.4, -0.2) is 24.3 Å². The number of hydrogen-bond donors (Lipinski definition) is 0. The summed E-state index contributed by atoms with van der Waals surface area (Å²) in [5.41, 5.74) is 11.6. The van der Waals surface area contributed by atoms with Crippen molar-refractivity contribution in [1.29, 1.82) is 0 Å². The van der Waals surface area contributed by atoms with Gasteiger partial charge in [-0.3, -0.25) is 9.55 Å². The van der Waals surface area contributed by atoms with Gasteiger partial charge in [0.1, 0.15) is 5.52 Å². The first-order valence-corrected chi connectivity index (χ1v) is 14.7. The van der Waals surface area contributed by atoms with Gasteiger partial charge in [0.15, 0.2) is 5.65 Å². The Balaban J connectivity index is 1.43. The van der Waals surface area contributed by atoms with Crippen LogP contribution in [0.1, 0.15) is 0 Å². The van der Waals surface area contributed by atoms with E-state index >= 15 is 0 Å². The van der Waals surface area contributed by atoms with Crippen molar-refractivity contribution in [3.05, 3.63) is 152 Å². The van der Waals surface area contributed by atoms with E-state index in [1.54, 1.807) is 0 Å². The summed E-state index contributed by atoms with van der Waals surface area (Å²) in [7, 11) is 0. The summed E-state index contributed by atoms with van der Waals surface area (Å²) in [5, 5.41) is 13.2. The maximum atomic E-state index is 4.97. The number of hydrogen-bond acceptors (Lipinski definition) is 3. The number of para-hydroxylation sites is 2. The van der Waals surface area contributed by atoms with E-state index in [-0.39, 0.29) is 0 Å². The molecule has 0 spiro atoms. The van der Waals surface area contributed by atoms with E-state index in [2.05, 4.69) is 142 Å². The zero-order valence-corrected chi connectivity index (χ0v) is 23.7. The Morgan fingerprint density at radius 2 is 1.00 bits per heavy atom. The number of aromatic nitrogens is 5. The molecular weight excluding hydrogens is 538 g/mol. The third-order valence-corrected chi connectivity index (χ3v) is 8.49. The summed E-state index contributed by atoms with van der Waals surface area (Å²) in [6.45, 7) is 0. The second kappa shape index (κ2) is 9.75. The monoisotopic (exact) mass is 563 g/mol. The Kier molecular flexibility index (Phi) is 5.43. The molecule has 4 heterocycles. The van der Waals surface area contributed by atoms with Crippen LogP contribution in [0.15, 0.2) is 152 Å². The molecule has 0 bridgehead atoms. The van der Waals surface area contributed by atoms with Crippen molar-refractivity contribution in [3.63, 3.8) is 0 Å². The molecule has 5 nitrogen and oxygen atoms in total. The summed E-state index contributed by atoms with van der Waals surface area (Å²) in [6, 6.07) is 49.0. The quantitative estimate of drug-likeness (QED) is 0.214. The molecule has 0 fully saturated rings. The van der Waals surface area contributed by atoms with Gasteiger partial charge in [-0.2, -0.15) is 0 Å². The van der Waals surface area contributed by atoms with Crippen LogP contribution in [0.3, 0.4) is 0 Å². The molecule has 0 N–H and O–H groups in total. The van der Waals surface area contributed by atoms with Gasteiger partial charge < -0.3 is 4.57 Å². The number of pyridine rings is 1. The second-order valence-corrected chi connectivity index (χ2v) is 11.0. The van der Waals surface area contributed by atoms with Gasteiger partial charge in [-0.25, -0.2) is 0 Å². The molecule has 0 radical (unpaired) electrons. The van der Waals surface area contributed by atoms with Crippen LogP contribution in [0.2, 0.25) is 0 Å². The first-order chi connectivity index (χ1) is 21.8. The highest BCUT2D eigenvalue weighted by atomic mass is 15.2. The minimum absolute atomic E-state index is 0.820. The van der Waals surface area contributed by atoms with Crippen LogP contribution in [0.4, 0.5) is 0 Å². The molecule has 9 rings (SSSR count). The van der Waals surface area contributed by atoms with E-state index in [1.165, 1.54) is 11.1 Å². The van der Waals surface area contributed by atoms with Gasteiger partial charge in [-0.15, -0.1) is 10.2 Å². The third kappa shape index (κ3) is 3.69. The fraction of sp³-hybridized carbons (Fsp3) is 0. The van der Waals surface area contributed by atoms with Gasteiger partial charge in [0.2, 0.25) is 0 Å². The van der Waals surface area contributed by atoms with Crippen molar-refractivity contribution in [2.24, 2.45) is 0 Å². The third-order valence-electron chi connectivity index (χ3n) is 8.49. The van der Waals surface area contributed by atoms with Gasteiger partial charge in [0, 0.05) is 34.5 Å². The normalized spacial score (nSPS) is 11.6. The molecule has 0 aliphatic rings. The highest BCUT2D eigenvalue weighted by Crippen LogP contribution is 2.41. The van der Waals surface area contributed by atoms with Crippen LogP contribution in [0.5, 0.6) is 0 Å². The van der Waals surface area contributed by atoms with E-state index in [9.17, 15) is 0 Å². The number of benzene rings is 5. The fourth-order valence-corrected chi connectivity index (χ4v) is 6.56. The van der Waals surface area contributed by atoms with Crippen LogP contribution < -0.4 is 0 Å². The van der Waals surface area contributed by atoms with Gasteiger partial charge in [-0.1, -0.05) is 97.1 Å². The minimum atomic E-state index is 0.820. The van der Waals surface area contributed by atoms with Crippen molar-refractivity contribution in [3.8, 4) is 33.6 Å². The smallest absolute Gasteiger partial charge is 0.170 e.